The van der Waals surface area contributed by atoms with Crippen LogP contribution in [0.2, 0.25) is 0 Å². The maximum atomic E-state index is 13.6. The van der Waals surface area contributed by atoms with Crippen molar-refractivity contribution in [3.63, 3.8) is 0 Å². The first-order valence-electron chi connectivity index (χ1n) is 5.69. The summed E-state index contributed by atoms with van der Waals surface area (Å²) in [6.45, 7) is 0.463. The molecule has 18 heavy (non-hydrogen) atoms. The fraction of sp³-hybridized carbons (Fsp3) is 0.417. The highest BCUT2D eigenvalue weighted by atomic mass is 19.1. The predicted molar refractivity (Wildman–Crippen MR) is 61.5 cm³/mol. The maximum Gasteiger partial charge on any atom is 0.247 e. The topological polar surface area (TPSA) is 41.6 Å². The number of carbonyl (C=O) groups is 1. The molecule has 1 N–H and O–H groups in total. The van der Waals surface area contributed by atoms with Gasteiger partial charge >= 0.3 is 0 Å². The van der Waals surface area contributed by atoms with E-state index in [0.717, 1.165) is 6.07 Å². The van der Waals surface area contributed by atoms with Crippen molar-refractivity contribution in [3.05, 3.63) is 23.8 Å². The number of rotatable bonds is 1. The summed E-state index contributed by atoms with van der Waals surface area (Å²) >= 11 is 0. The van der Waals surface area contributed by atoms with Crippen LogP contribution >= 0.6 is 0 Å². The van der Waals surface area contributed by atoms with Gasteiger partial charge in [0.05, 0.1) is 11.8 Å². The van der Waals surface area contributed by atoms with Crippen molar-refractivity contribution in [2.45, 2.75) is 18.6 Å². The Hall–Kier alpha value is -1.69. The summed E-state index contributed by atoms with van der Waals surface area (Å²) in [6, 6.07) is 1.59. The lowest BCUT2D eigenvalue weighted by Crippen LogP contribution is -2.44. The number of amides is 1. The van der Waals surface area contributed by atoms with E-state index in [9.17, 15) is 13.6 Å². The molecule has 1 aromatic rings. The van der Waals surface area contributed by atoms with Crippen LogP contribution in [0.4, 0.5) is 20.2 Å². The van der Waals surface area contributed by atoms with Gasteiger partial charge in [-0.3, -0.25) is 4.79 Å². The highest BCUT2D eigenvalue weighted by Crippen LogP contribution is 2.39. The van der Waals surface area contributed by atoms with Crippen LogP contribution in [0.3, 0.4) is 0 Å². The van der Waals surface area contributed by atoms with Gasteiger partial charge in [-0.1, -0.05) is 0 Å². The molecular weight excluding hydrogens is 242 g/mol. The zero-order chi connectivity index (χ0) is 12.9. The van der Waals surface area contributed by atoms with Crippen molar-refractivity contribution in [1.82, 2.24) is 0 Å². The Morgan fingerprint density at radius 2 is 2.22 bits per heavy atom. The van der Waals surface area contributed by atoms with Crippen LogP contribution < -0.4 is 10.2 Å². The summed E-state index contributed by atoms with van der Waals surface area (Å²) in [5.74, 6) is -1.67. The number of ether oxygens (including phenoxy) is 1. The molecule has 4 nitrogen and oxygen atoms in total. The van der Waals surface area contributed by atoms with E-state index < -0.39 is 17.7 Å². The molecule has 0 aromatic heterocycles. The average molecular weight is 254 g/mol. The van der Waals surface area contributed by atoms with Gasteiger partial charge in [0.1, 0.15) is 17.5 Å². The Labute approximate surface area is 103 Å². The fourth-order valence-electron chi connectivity index (χ4n) is 2.60. The molecule has 1 saturated heterocycles. The van der Waals surface area contributed by atoms with Gasteiger partial charge in [-0.05, 0) is 6.07 Å². The molecule has 0 saturated carbocycles. The Morgan fingerprint density at radius 1 is 1.44 bits per heavy atom. The normalized spacial score (nSPS) is 25.7. The van der Waals surface area contributed by atoms with Gasteiger partial charge < -0.3 is 15.0 Å². The Balaban J connectivity index is 2.08. The first kappa shape index (κ1) is 11.4. The molecule has 6 heteroatoms. The number of fused-ring (bicyclic) bond motifs is 3. The monoisotopic (exact) mass is 254 g/mol. The number of anilines is 2. The second-order valence-electron chi connectivity index (χ2n) is 4.53. The van der Waals surface area contributed by atoms with Gasteiger partial charge in [0.15, 0.2) is 5.82 Å². The number of hydrogen-bond acceptors (Lipinski definition) is 3. The van der Waals surface area contributed by atoms with Crippen molar-refractivity contribution in [1.29, 1.82) is 0 Å². The molecule has 2 atom stereocenters. The van der Waals surface area contributed by atoms with E-state index in [0.29, 0.717) is 18.7 Å². The zero-order valence-corrected chi connectivity index (χ0v) is 9.74. The highest BCUT2D eigenvalue weighted by molar-refractivity contribution is 6.04. The van der Waals surface area contributed by atoms with Gasteiger partial charge in [-0.25, -0.2) is 8.78 Å². The first-order valence-corrected chi connectivity index (χ1v) is 5.69. The van der Waals surface area contributed by atoms with Crippen LogP contribution in [-0.2, 0) is 9.53 Å². The van der Waals surface area contributed by atoms with Gasteiger partial charge in [-0.2, -0.15) is 0 Å². The molecule has 2 unspecified atom stereocenters. The van der Waals surface area contributed by atoms with Crippen LogP contribution in [0.5, 0.6) is 0 Å². The van der Waals surface area contributed by atoms with E-state index in [1.54, 1.807) is 12.0 Å². The van der Waals surface area contributed by atoms with Crippen molar-refractivity contribution in [2.24, 2.45) is 0 Å². The van der Waals surface area contributed by atoms with Crippen LogP contribution in [0.1, 0.15) is 6.42 Å². The summed E-state index contributed by atoms with van der Waals surface area (Å²) in [5.41, 5.74) is 0.436. The molecule has 0 spiro atoms. The summed E-state index contributed by atoms with van der Waals surface area (Å²) in [6.07, 6.45) is 0.429. The summed E-state index contributed by atoms with van der Waals surface area (Å²) < 4.78 is 32.1. The third kappa shape index (κ3) is 1.56. The molecule has 2 heterocycles. The van der Waals surface area contributed by atoms with Crippen molar-refractivity contribution < 1.29 is 18.3 Å². The highest BCUT2D eigenvalue weighted by Gasteiger charge is 2.42. The molecule has 3 rings (SSSR count). The minimum Gasteiger partial charge on any atom is -0.380 e. The summed E-state index contributed by atoms with van der Waals surface area (Å²) in [7, 11) is 1.56. The lowest BCUT2D eigenvalue weighted by atomic mass is 10.1. The van der Waals surface area contributed by atoms with Crippen LogP contribution in [0.15, 0.2) is 12.1 Å². The second kappa shape index (κ2) is 3.91. The maximum absolute atomic E-state index is 13.6. The zero-order valence-electron chi connectivity index (χ0n) is 9.74. The van der Waals surface area contributed by atoms with Gasteiger partial charge in [-0.15, -0.1) is 0 Å². The van der Waals surface area contributed by atoms with Gasteiger partial charge in [0, 0.05) is 26.1 Å². The number of nitrogens with one attached hydrogen (secondary N) is 1. The van der Waals surface area contributed by atoms with Crippen molar-refractivity contribution >= 4 is 17.3 Å². The molecule has 96 valence electrons. The second-order valence-corrected chi connectivity index (χ2v) is 4.53. The van der Waals surface area contributed by atoms with Crippen LogP contribution in [-0.4, -0.2) is 31.7 Å². The van der Waals surface area contributed by atoms with Crippen molar-refractivity contribution in [2.75, 3.05) is 23.9 Å². The third-order valence-corrected chi connectivity index (χ3v) is 3.49. The molecule has 0 aliphatic carbocycles. The smallest absolute Gasteiger partial charge is 0.247 e. The van der Waals surface area contributed by atoms with Gasteiger partial charge in [0.2, 0.25) is 5.91 Å². The van der Waals surface area contributed by atoms with E-state index in [2.05, 4.69) is 5.32 Å². The minimum atomic E-state index is -0.752. The van der Waals surface area contributed by atoms with Crippen LogP contribution in [0.25, 0.3) is 0 Å². The number of nitrogens with zero attached hydrogens (tertiary/aromatic N) is 1. The lowest BCUT2D eigenvalue weighted by molar-refractivity contribution is -0.117. The number of benzene rings is 1. The summed E-state index contributed by atoms with van der Waals surface area (Å²) in [4.78, 5) is 13.6. The standard InChI is InChI=1S/C12H12F2N2O2/c1-18-7-4-10-12(17)15-11-8(14)2-6(13)3-9(11)16(10)5-7/h2-3,7,10H,4-5H2,1H3,(H,15,17). The molecule has 2 aliphatic rings. The summed E-state index contributed by atoms with van der Waals surface area (Å²) in [5, 5.41) is 2.49. The van der Waals surface area contributed by atoms with Crippen molar-refractivity contribution in [3.8, 4) is 0 Å². The van der Waals surface area contributed by atoms with Gasteiger partial charge in [0.25, 0.3) is 0 Å². The molecule has 0 bridgehead atoms. The first-order chi connectivity index (χ1) is 8.60. The Kier molecular flexibility index (Phi) is 2.48. The van der Waals surface area contributed by atoms with E-state index in [1.165, 1.54) is 6.07 Å². The Bertz CT molecular complexity index is 521. The molecule has 1 aromatic carbocycles. The lowest BCUT2D eigenvalue weighted by Gasteiger charge is -2.32. The largest absolute Gasteiger partial charge is 0.380 e. The fourth-order valence-corrected chi connectivity index (χ4v) is 2.60. The van der Waals surface area contributed by atoms with Crippen LogP contribution in [0, 0.1) is 11.6 Å². The number of halogens is 2. The average Bonchev–Trinajstić information content (AvgIpc) is 2.76. The predicted octanol–water partition coefficient (Wildman–Crippen LogP) is 1.51. The SMILES string of the molecule is COC1CC2C(=O)Nc3c(F)cc(F)cc3N2C1. The van der Waals surface area contributed by atoms with E-state index in [1.807, 2.05) is 0 Å². The molecule has 1 fully saturated rings. The van der Waals surface area contributed by atoms with E-state index in [-0.39, 0.29) is 17.7 Å². The third-order valence-electron chi connectivity index (χ3n) is 3.49. The number of hydrogen-bond donors (Lipinski definition) is 1. The number of methoxy groups -OCH3 is 1. The molecule has 2 aliphatic heterocycles. The molecular formula is C12H12F2N2O2. The van der Waals surface area contributed by atoms with E-state index in [4.69, 9.17) is 4.74 Å². The quantitative estimate of drug-likeness (QED) is 0.826. The minimum absolute atomic E-state index is 0.0504. The molecule has 0 radical (unpaired) electrons. The molecule has 1 amide bonds. The number of carbonyl (C=O) groups excluding carboxylic acids is 1. The van der Waals surface area contributed by atoms with E-state index >= 15 is 0 Å². The Morgan fingerprint density at radius 3 is 2.94 bits per heavy atom.